The smallest absolute Gasteiger partial charge is 0.407 e. The van der Waals surface area contributed by atoms with Crippen molar-refractivity contribution in [3.8, 4) is 11.1 Å². The van der Waals surface area contributed by atoms with E-state index in [9.17, 15) is 19.5 Å². The van der Waals surface area contributed by atoms with Crippen LogP contribution in [0.1, 0.15) is 55.6 Å². The third kappa shape index (κ3) is 3.97. The highest BCUT2D eigenvalue weighted by Crippen LogP contribution is 2.45. The second kappa shape index (κ2) is 8.70. The summed E-state index contributed by atoms with van der Waals surface area (Å²) in [4.78, 5) is 39.4. The third-order valence-electron chi connectivity index (χ3n) is 8.37. The Morgan fingerprint density at radius 2 is 1.63 bits per heavy atom. The summed E-state index contributed by atoms with van der Waals surface area (Å²) in [5.74, 6) is -1.06. The molecule has 2 amide bonds. The van der Waals surface area contributed by atoms with Crippen molar-refractivity contribution in [3.05, 3.63) is 59.7 Å². The largest absolute Gasteiger partial charge is 0.481 e. The van der Waals surface area contributed by atoms with E-state index < -0.39 is 18.0 Å². The highest BCUT2D eigenvalue weighted by atomic mass is 16.5. The predicted octanol–water partition coefficient (Wildman–Crippen LogP) is 4.16. The van der Waals surface area contributed by atoms with E-state index in [2.05, 4.69) is 29.6 Å². The van der Waals surface area contributed by atoms with Crippen molar-refractivity contribution in [2.45, 2.75) is 62.6 Å². The minimum Gasteiger partial charge on any atom is -0.481 e. The fraction of sp³-hybridized carbons (Fsp3) is 0.464. The lowest BCUT2D eigenvalue weighted by Gasteiger charge is -2.26. The van der Waals surface area contributed by atoms with Crippen LogP contribution >= 0.6 is 0 Å². The van der Waals surface area contributed by atoms with Crippen molar-refractivity contribution in [1.82, 2.24) is 10.2 Å². The summed E-state index contributed by atoms with van der Waals surface area (Å²) in [7, 11) is 0. The molecular weight excluding hydrogens is 444 g/mol. The molecule has 0 radical (unpaired) electrons. The molecule has 3 fully saturated rings. The number of benzene rings is 2. The van der Waals surface area contributed by atoms with Gasteiger partial charge in [-0.2, -0.15) is 0 Å². The van der Waals surface area contributed by atoms with Crippen molar-refractivity contribution in [2.75, 3.05) is 6.61 Å². The highest BCUT2D eigenvalue weighted by molar-refractivity contribution is 5.82. The van der Waals surface area contributed by atoms with Crippen molar-refractivity contribution in [3.63, 3.8) is 0 Å². The number of aliphatic carboxylic acids is 1. The fourth-order valence-electron chi connectivity index (χ4n) is 6.56. The van der Waals surface area contributed by atoms with E-state index in [1.54, 1.807) is 4.90 Å². The van der Waals surface area contributed by atoms with Gasteiger partial charge in [-0.05, 0) is 60.3 Å². The third-order valence-corrected chi connectivity index (χ3v) is 8.37. The van der Waals surface area contributed by atoms with Crippen LogP contribution in [0, 0.1) is 11.8 Å². The maximum atomic E-state index is 13.2. The van der Waals surface area contributed by atoms with Crippen molar-refractivity contribution in [1.29, 1.82) is 0 Å². The number of fused-ring (bicyclic) bond motifs is 5. The standard InChI is InChI=1S/C28H30N2O5/c31-26(30-17-11-12-25(30)22(13-17)27(32)33)14-24(16-9-10-16)29-28(34)35-15-23-20-7-3-1-5-18(20)19-6-2-4-8-21(19)23/h1-8,16-17,22-25H,9-15H2,(H,29,34)(H,32,33)/t17-,22+,24?,25+/m0/s1. The first-order chi connectivity index (χ1) is 17.0. The van der Waals surface area contributed by atoms with Gasteiger partial charge in [0.05, 0.1) is 5.92 Å². The van der Waals surface area contributed by atoms with Gasteiger partial charge in [-0.15, -0.1) is 0 Å². The van der Waals surface area contributed by atoms with Crippen LogP contribution < -0.4 is 5.32 Å². The topological polar surface area (TPSA) is 95.9 Å². The Balaban J connectivity index is 1.09. The van der Waals surface area contributed by atoms with E-state index in [0.29, 0.717) is 6.42 Å². The van der Waals surface area contributed by atoms with Crippen LogP contribution in [0.3, 0.4) is 0 Å². The number of alkyl carbamates (subject to hydrolysis) is 1. The van der Waals surface area contributed by atoms with Gasteiger partial charge in [0.15, 0.2) is 0 Å². The number of hydrogen-bond donors (Lipinski definition) is 2. The Bertz CT molecular complexity index is 1130. The Morgan fingerprint density at radius 3 is 2.23 bits per heavy atom. The van der Waals surface area contributed by atoms with Gasteiger partial charge in [0.2, 0.25) is 5.91 Å². The van der Waals surface area contributed by atoms with E-state index in [-0.39, 0.29) is 48.9 Å². The SMILES string of the molecule is O=C(NC(CC(=O)N1[C@H]2CC[C@@H]1[C@H](C(=O)O)C2)C1CC1)OCC1c2ccccc2-c2ccccc21. The lowest BCUT2D eigenvalue weighted by molar-refractivity contribution is -0.143. The number of carbonyl (C=O) groups excluding carboxylic acids is 2. The Kier molecular flexibility index (Phi) is 5.50. The lowest BCUT2D eigenvalue weighted by Crippen LogP contribution is -2.44. The Hall–Kier alpha value is -3.35. The Labute approximate surface area is 204 Å². The van der Waals surface area contributed by atoms with E-state index in [1.807, 2.05) is 24.3 Å². The monoisotopic (exact) mass is 474 g/mol. The summed E-state index contributed by atoms with van der Waals surface area (Å²) in [6.07, 6.45) is 3.83. The van der Waals surface area contributed by atoms with Crippen molar-refractivity contribution < 1.29 is 24.2 Å². The summed E-state index contributed by atoms with van der Waals surface area (Å²) in [6.45, 7) is 0.238. The molecule has 2 bridgehead atoms. The first-order valence-electron chi connectivity index (χ1n) is 12.7. The first-order valence-corrected chi connectivity index (χ1v) is 12.7. The number of ether oxygens (including phenoxy) is 1. The zero-order valence-corrected chi connectivity index (χ0v) is 19.6. The van der Waals surface area contributed by atoms with Crippen LogP contribution in [0.15, 0.2) is 48.5 Å². The van der Waals surface area contributed by atoms with E-state index in [0.717, 1.165) is 36.8 Å². The molecular formula is C28H30N2O5. The molecule has 0 spiro atoms. The molecule has 4 atom stereocenters. The molecule has 35 heavy (non-hydrogen) atoms. The second-order valence-electron chi connectivity index (χ2n) is 10.4. The van der Waals surface area contributed by atoms with E-state index in [4.69, 9.17) is 4.74 Å². The molecule has 2 N–H and O–H groups in total. The molecule has 1 saturated carbocycles. The summed E-state index contributed by atoms with van der Waals surface area (Å²) >= 11 is 0. The molecule has 182 valence electrons. The maximum Gasteiger partial charge on any atom is 0.407 e. The summed E-state index contributed by atoms with van der Waals surface area (Å²) < 4.78 is 5.71. The van der Waals surface area contributed by atoms with Gasteiger partial charge in [-0.25, -0.2) is 4.79 Å². The molecule has 2 aliphatic heterocycles. The van der Waals surface area contributed by atoms with Crippen molar-refractivity contribution in [2.24, 2.45) is 11.8 Å². The van der Waals surface area contributed by atoms with Crippen molar-refractivity contribution >= 4 is 18.0 Å². The maximum absolute atomic E-state index is 13.2. The van der Waals surface area contributed by atoms with Gasteiger partial charge < -0.3 is 20.1 Å². The molecule has 7 heteroatoms. The minimum atomic E-state index is -0.814. The average Bonchev–Trinajstić information content (AvgIpc) is 3.43. The summed E-state index contributed by atoms with van der Waals surface area (Å²) in [5.41, 5.74) is 4.68. The normalized spacial score (nSPS) is 25.1. The molecule has 0 aromatic heterocycles. The zero-order chi connectivity index (χ0) is 24.1. The van der Waals surface area contributed by atoms with Crippen LogP contribution in [-0.4, -0.2) is 52.7 Å². The van der Waals surface area contributed by atoms with E-state index in [1.165, 1.54) is 11.1 Å². The van der Waals surface area contributed by atoms with Gasteiger partial charge >= 0.3 is 12.1 Å². The molecule has 7 nitrogen and oxygen atoms in total. The number of amides is 2. The van der Waals surface area contributed by atoms with Gasteiger partial charge in [0, 0.05) is 30.5 Å². The van der Waals surface area contributed by atoms with Gasteiger partial charge in [0.25, 0.3) is 0 Å². The number of nitrogens with one attached hydrogen (secondary N) is 1. The van der Waals surface area contributed by atoms with Crippen LogP contribution in [0.2, 0.25) is 0 Å². The molecule has 2 aromatic rings. The number of carboxylic acids is 1. The second-order valence-corrected chi connectivity index (χ2v) is 10.4. The lowest BCUT2D eigenvalue weighted by atomic mass is 9.89. The number of hydrogen-bond acceptors (Lipinski definition) is 4. The minimum absolute atomic E-state index is 0.0117. The summed E-state index contributed by atoms with van der Waals surface area (Å²) in [5, 5.41) is 12.5. The fourth-order valence-corrected chi connectivity index (χ4v) is 6.56. The average molecular weight is 475 g/mol. The number of carbonyl (C=O) groups is 3. The summed E-state index contributed by atoms with van der Waals surface area (Å²) in [6, 6.07) is 16.0. The van der Waals surface area contributed by atoms with Crippen LogP contribution in [0.5, 0.6) is 0 Å². The number of carboxylic acid groups (broad SMARTS) is 1. The van der Waals surface area contributed by atoms with Crippen LogP contribution in [0.4, 0.5) is 4.79 Å². The molecule has 4 aliphatic rings. The first kappa shape index (κ1) is 22.1. The molecule has 2 heterocycles. The molecule has 2 aliphatic carbocycles. The number of rotatable bonds is 7. The molecule has 2 aromatic carbocycles. The van der Waals surface area contributed by atoms with Crippen LogP contribution in [0.25, 0.3) is 11.1 Å². The molecule has 2 saturated heterocycles. The van der Waals surface area contributed by atoms with E-state index >= 15 is 0 Å². The zero-order valence-electron chi connectivity index (χ0n) is 19.6. The van der Waals surface area contributed by atoms with Crippen LogP contribution in [-0.2, 0) is 14.3 Å². The van der Waals surface area contributed by atoms with Gasteiger partial charge in [-0.3, -0.25) is 9.59 Å². The quantitative estimate of drug-likeness (QED) is 0.628. The van der Waals surface area contributed by atoms with Gasteiger partial charge in [0.1, 0.15) is 6.61 Å². The predicted molar refractivity (Wildman–Crippen MR) is 129 cm³/mol. The molecule has 1 unspecified atom stereocenters. The Morgan fingerprint density at radius 1 is 0.971 bits per heavy atom. The molecule has 6 rings (SSSR count). The van der Waals surface area contributed by atoms with Gasteiger partial charge in [-0.1, -0.05) is 48.5 Å². The number of nitrogens with zero attached hydrogens (tertiary/aromatic N) is 1. The highest BCUT2D eigenvalue weighted by Gasteiger charge is 2.51.